The van der Waals surface area contributed by atoms with Gasteiger partial charge in [0.25, 0.3) is 0 Å². The molecule has 94 valence electrons. The van der Waals surface area contributed by atoms with Crippen LogP contribution >= 0.6 is 0 Å². The molecule has 17 heavy (non-hydrogen) atoms. The van der Waals surface area contributed by atoms with Gasteiger partial charge in [-0.1, -0.05) is 6.07 Å². The molecule has 1 atom stereocenters. The van der Waals surface area contributed by atoms with Crippen LogP contribution in [0.3, 0.4) is 0 Å². The molecule has 1 aromatic rings. The summed E-state index contributed by atoms with van der Waals surface area (Å²) in [6.07, 6.45) is 3.81. The van der Waals surface area contributed by atoms with E-state index in [9.17, 15) is 0 Å². The average Bonchev–Trinajstić information content (AvgIpc) is 2.82. The summed E-state index contributed by atoms with van der Waals surface area (Å²) in [4.78, 5) is 0. The van der Waals surface area contributed by atoms with Crippen molar-refractivity contribution in [3.8, 4) is 5.75 Å². The number of aryl methyl sites for hydroxylation is 1. The highest BCUT2D eigenvalue weighted by Gasteiger charge is 2.13. The molecule has 0 bridgehead atoms. The second-order valence-electron chi connectivity index (χ2n) is 4.71. The fraction of sp³-hybridized carbons (Fsp3) is 0.571. The fourth-order valence-corrected chi connectivity index (χ4v) is 2.34. The average molecular weight is 234 g/mol. The number of anilines is 1. The maximum absolute atomic E-state index is 5.34. The van der Waals surface area contributed by atoms with Crippen LogP contribution in [-0.2, 0) is 0 Å². The van der Waals surface area contributed by atoms with Gasteiger partial charge in [-0.05, 0) is 50.4 Å². The molecule has 1 aliphatic heterocycles. The van der Waals surface area contributed by atoms with Gasteiger partial charge in [0.1, 0.15) is 5.75 Å². The summed E-state index contributed by atoms with van der Waals surface area (Å²) in [5.74, 6) is 0.926. The van der Waals surface area contributed by atoms with E-state index < -0.39 is 0 Å². The third-order valence-electron chi connectivity index (χ3n) is 3.33. The van der Waals surface area contributed by atoms with Crippen LogP contribution in [0, 0.1) is 6.92 Å². The van der Waals surface area contributed by atoms with Gasteiger partial charge in [0.15, 0.2) is 0 Å². The number of methoxy groups -OCH3 is 1. The van der Waals surface area contributed by atoms with Crippen molar-refractivity contribution in [3.63, 3.8) is 0 Å². The number of nitrogens with one attached hydrogen (secondary N) is 2. The van der Waals surface area contributed by atoms with Crippen molar-refractivity contribution in [3.05, 3.63) is 23.8 Å². The summed E-state index contributed by atoms with van der Waals surface area (Å²) >= 11 is 0. The number of hydrogen-bond donors (Lipinski definition) is 2. The summed E-state index contributed by atoms with van der Waals surface area (Å²) < 4.78 is 5.34. The van der Waals surface area contributed by atoms with Gasteiger partial charge >= 0.3 is 0 Å². The van der Waals surface area contributed by atoms with Crippen LogP contribution in [0.25, 0.3) is 0 Å². The molecule has 0 aromatic heterocycles. The zero-order chi connectivity index (χ0) is 12.1. The normalized spacial score (nSPS) is 19.3. The molecule has 1 aromatic carbocycles. The Morgan fingerprint density at radius 3 is 3.06 bits per heavy atom. The molecule has 1 saturated heterocycles. The number of rotatable bonds is 5. The van der Waals surface area contributed by atoms with Crippen molar-refractivity contribution in [2.75, 3.05) is 25.5 Å². The largest absolute Gasteiger partial charge is 0.495 e. The number of ether oxygens (including phenoxy) is 1. The molecular weight excluding hydrogens is 212 g/mol. The predicted molar refractivity (Wildman–Crippen MR) is 71.9 cm³/mol. The van der Waals surface area contributed by atoms with Crippen LogP contribution in [0.5, 0.6) is 5.75 Å². The minimum absolute atomic E-state index is 0.693. The molecule has 2 N–H and O–H groups in total. The van der Waals surface area contributed by atoms with Crippen molar-refractivity contribution in [1.29, 1.82) is 0 Å². The minimum atomic E-state index is 0.693. The van der Waals surface area contributed by atoms with Gasteiger partial charge in [-0.15, -0.1) is 0 Å². The van der Waals surface area contributed by atoms with Gasteiger partial charge in [-0.3, -0.25) is 0 Å². The molecule has 1 aliphatic rings. The smallest absolute Gasteiger partial charge is 0.141 e. The first kappa shape index (κ1) is 12.2. The molecule has 1 heterocycles. The summed E-state index contributed by atoms with van der Waals surface area (Å²) in [5, 5.41) is 6.98. The summed E-state index contributed by atoms with van der Waals surface area (Å²) in [7, 11) is 1.72. The third kappa shape index (κ3) is 3.37. The summed E-state index contributed by atoms with van der Waals surface area (Å²) in [6.45, 7) is 4.28. The SMILES string of the molecule is COc1ccc(C)cc1NCCC1CCCN1. The van der Waals surface area contributed by atoms with E-state index in [1.54, 1.807) is 7.11 Å². The Morgan fingerprint density at radius 2 is 2.35 bits per heavy atom. The molecule has 0 aliphatic carbocycles. The molecule has 3 nitrogen and oxygen atoms in total. The third-order valence-corrected chi connectivity index (χ3v) is 3.33. The molecular formula is C14H22N2O. The van der Waals surface area contributed by atoms with E-state index in [2.05, 4.69) is 29.7 Å². The lowest BCUT2D eigenvalue weighted by Gasteiger charge is -2.14. The van der Waals surface area contributed by atoms with Gasteiger partial charge < -0.3 is 15.4 Å². The van der Waals surface area contributed by atoms with Gasteiger partial charge in [-0.25, -0.2) is 0 Å². The monoisotopic (exact) mass is 234 g/mol. The van der Waals surface area contributed by atoms with Crippen molar-refractivity contribution in [2.24, 2.45) is 0 Å². The van der Waals surface area contributed by atoms with Crippen LogP contribution in [-0.4, -0.2) is 26.2 Å². The Morgan fingerprint density at radius 1 is 1.47 bits per heavy atom. The van der Waals surface area contributed by atoms with E-state index >= 15 is 0 Å². The highest BCUT2D eigenvalue weighted by Crippen LogP contribution is 2.25. The van der Waals surface area contributed by atoms with E-state index in [1.807, 2.05) is 6.07 Å². The summed E-state index contributed by atoms with van der Waals surface area (Å²) in [6, 6.07) is 6.92. The van der Waals surface area contributed by atoms with E-state index in [-0.39, 0.29) is 0 Å². The molecule has 0 spiro atoms. The molecule has 1 fully saturated rings. The maximum atomic E-state index is 5.34. The van der Waals surface area contributed by atoms with Crippen molar-refractivity contribution in [2.45, 2.75) is 32.2 Å². The maximum Gasteiger partial charge on any atom is 0.141 e. The summed E-state index contributed by atoms with van der Waals surface area (Å²) in [5.41, 5.74) is 2.36. The predicted octanol–water partition coefficient (Wildman–Crippen LogP) is 2.56. The van der Waals surface area contributed by atoms with Crippen molar-refractivity contribution < 1.29 is 4.74 Å². The second kappa shape index (κ2) is 5.92. The van der Waals surface area contributed by atoms with Gasteiger partial charge in [0.05, 0.1) is 12.8 Å². The van der Waals surface area contributed by atoms with Crippen LogP contribution in [0.1, 0.15) is 24.8 Å². The molecule has 3 heteroatoms. The van der Waals surface area contributed by atoms with Crippen LogP contribution < -0.4 is 15.4 Å². The Balaban J connectivity index is 1.86. The van der Waals surface area contributed by atoms with Crippen LogP contribution in [0.4, 0.5) is 5.69 Å². The Kier molecular flexibility index (Phi) is 4.26. The molecule has 0 radical (unpaired) electrons. The van der Waals surface area contributed by atoms with E-state index in [4.69, 9.17) is 4.74 Å². The van der Waals surface area contributed by atoms with Gasteiger partial charge in [-0.2, -0.15) is 0 Å². The highest BCUT2D eigenvalue weighted by atomic mass is 16.5. The van der Waals surface area contributed by atoms with Crippen molar-refractivity contribution >= 4 is 5.69 Å². The first-order valence-corrected chi connectivity index (χ1v) is 6.41. The van der Waals surface area contributed by atoms with E-state index in [0.29, 0.717) is 6.04 Å². The zero-order valence-electron chi connectivity index (χ0n) is 10.8. The lowest BCUT2D eigenvalue weighted by molar-refractivity contribution is 0.416. The quantitative estimate of drug-likeness (QED) is 0.821. The topological polar surface area (TPSA) is 33.3 Å². The number of benzene rings is 1. The Labute approximate surface area is 104 Å². The minimum Gasteiger partial charge on any atom is -0.495 e. The number of hydrogen-bond acceptors (Lipinski definition) is 3. The lowest BCUT2D eigenvalue weighted by Crippen LogP contribution is -2.24. The second-order valence-corrected chi connectivity index (χ2v) is 4.71. The first-order chi connectivity index (χ1) is 8.29. The zero-order valence-corrected chi connectivity index (χ0v) is 10.8. The molecule has 2 rings (SSSR count). The molecule has 0 saturated carbocycles. The van der Waals surface area contributed by atoms with E-state index in [1.165, 1.54) is 31.4 Å². The molecule has 1 unspecified atom stereocenters. The van der Waals surface area contributed by atoms with E-state index in [0.717, 1.165) is 18.0 Å². The Bertz CT molecular complexity index is 359. The Hall–Kier alpha value is -1.22. The lowest BCUT2D eigenvalue weighted by atomic mass is 10.1. The van der Waals surface area contributed by atoms with Gasteiger partial charge in [0.2, 0.25) is 0 Å². The first-order valence-electron chi connectivity index (χ1n) is 6.41. The van der Waals surface area contributed by atoms with Crippen molar-refractivity contribution in [1.82, 2.24) is 5.32 Å². The fourth-order valence-electron chi connectivity index (χ4n) is 2.34. The van der Waals surface area contributed by atoms with Crippen LogP contribution in [0.15, 0.2) is 18.2 Å². The van der Waals surface area contributed by atoms with Gasteiger partial charge in [0, 0.05) is 12.6 Å². The standard InChI is InChI=1S/C14H22N2O/c1-11-5-6-14(17-2)13(10-11)16-9-7-12-4-3-8-15-12/h5-6,10,12,15-16H,3-4,7-9H2,1-2H3. The highest BCUT2D eigenvalue weighted by molar-refractivity contribution is 5.57. The van der Waals surface area contributed by atoms with Crippen LogP contribution in [0.2, 0.25) is 0 Å². The molecule has 0 amide bonds.